The van der Waals surface area contributed by atoms with E-state index in [9.17, 15) is 0 Å². The first-order chi connectivity index (χ1) is 63.3. The highest BCUT2D eigenvalue weighted by Gasteiger charge is 2.26. The fourth-order valence-corrected chi connectivity index (χ4v) is 18.1. The number of hydrogen-bond acceptors (Lipinski definition) is 8. The zero-order valence-electron chi connectivity index (χ0n) is 70.5. The highest BCUT2D eigenvalue weighted by atomic mass is 15.2. The summed E-state index contributed by atoms with van der Waals surface area (Å²) in [6.07, 6.45) is 0. The van der Waals surface area contributed by atoms with E-state index in [1.807, 2.05) is 48.5 Å². The van der Waals surface area contributed by atoms with Crippen molar-refractivity contribution in [1.82, 2.24) is 29.1 Å². The summed E-state index contributed by atoms with van der Waals surface area (Å²) in [6, 6.07) is 169. The molecule has 4 heterocycles. The minimum atomic E-state index is 0.678. The van der Waals surface area contributed by atoms with E-state index in [1.165, 1.54) is 5.56 Å². The van der Waals surface area contributed by atoms with Crippen LogP contribution in [0.4, 0.5) is 68.2 Å². The molecule has 0 spiro atoms. The molecule has 10 heteroatoms. The van der Waals surface area contributed by atoms with E-state index in [2.05, 4.69) is 467 Å². The number of aromatic nitrogens is 6. The summed E-state index contributed by atoms with van der Waals surface area (Å²) in [5.41, 5.74) is 32.8. The van der Waals surface area contributed by atoms with Crippen molar-refractivity contribution in [2.45, 2.75) is 13.8 Å². The van der Waals surface area contributed by atoms with E-state index in [1.54, 1.807) is 0 Å². The summed E-state index contributed by atoms with van der Waals surface area (Å²) in [6.45, 7) is 4.36. The van der Waals surface area contributed by atoms with Gasteiger partial charge in [-0.3, -0.25) is 0 Å². The zero-order chi connectivity index (χ0) is 85.4. The predicted molar refractivity (Wildman–Crippen MR) is 533 cm³/mol. The van der Waals surface area contributed by atoms with Gasteiger partial charge in [-0.15, -0.1) is 0 Å². The van der Waals surface area contributed by atoms with Gasteiger partial charge in [0.1, 0.15) is 0 Å². The van der Waals surface area contributed by atoms with Crippen LogP contribution in [-0.2, 0) is 0 Å². The monoisotopic (exact) mass is 1640 g/mol. The predicted octanol–water partition coefficient (Wildman–Crippen LogP) is 31.6. The molecule has 22 aromatic rings. The van der Waals surface area contributed by atoms with Crippen LogP contribution in [0.25, 0.3) is 134 Å². The van der Waals surface area contributed by atoms with Crippen LogP contribution in [0.15, 0.2) is 473 Å². The third-order valence-corrected chi connectivity index (χ3v) is 24.2. The average molecular weight is 1640 g/mol. The highest BCUT2D eigenvalue weighted by molar-refractivity contribution is 6.14. The lowest BCUT2D eigenvalue weighted by molar-refractivity contribution is 1.14. The molecule has 0 aliphatic rings. The van der Waals surface area contributed by atoms with Gasteiger partial charge < -0.3 is 28.7 Å². The molecule has 0 saturated carbocycles. The number of para-hydroxylation sites is 5. The number of rotatable bonds is 21. The van der Waals surface area contributed by atoms with E-state index >= 15 is 0 Å². The topological polar surface area (TPSA) is 74.4 Å². The summed E-state index contributed by atoms with van der Waals surface area (Å²) in [7, 11) is 0. The molecule has 4 aromatic heterocycles. The molecule has 128 heavy (non-hydrogen) atoms. The van der Waals surface area contributed by atoms with Crippen LogP contribution >= 0.6 is 0 Å². The molecule has 0 atom stereocenters. The number of anilines is 12. The van der Waals surface area contributed by atoms with Crippen molar-refractivity contribution in [2.75, 3.05) is 19.6 Å². The Morgan fingerprint density at radius 3 is 0.812 bits per heavy atom. The Labute approximate surface area is 744 Å². The third kappa shape index (κ3) is 14.9. The summed E-state index contributed by atoms with van der Waals surface area (Å²) >= 11 is 0. The molecule has 0 amide bonds. The van der Waals surface area contributed by atoms with Gasteiger partial charge in [-0.05, 0) is 237 Å². The Morgan fingerprint density at radius 2 is 0.445 bits per heavy atom. The maximum atomic E-state index is 5.26. The van der Waals surface area contributed by atoms with Crippen molar-refractivity contribution < 1.29 is 0 Å². The second-order valence-corrected chi connectivity index (χ2v) is 32.4. The molecule has 0 unspecified atom stereocenters. The summed E-state index contributed by atoms with van der Waals surface area (Å²) in [4.78, 5) is 30.2. The van der Waals surface area contributed by atoms with Crippen molar-refractivity contribution in [2.24, 2.45) is 0 Å². The molecule has 18 aromatic carbocycles. The zero-order valence-corrected chi connectivity index (χ0v) is 70.5. The fraction of sp³-hybridized carbons (Fsp3) is 0.0169. The van der Waals surface area contributed by atoms with Gasteiger partial charge >= 0.3 is 0 Å². The number of hydrogen-bond donors (Lipinski definition) is 0. The van der Waals surface area contributed by atoms with Crippen LogP contribution in [0.1, 0.15) is 11.1 Å². The number of nitrogens with zero attached hydrogens (tertiary/aromatic N) is 10. The minimum absolute atomic E-state index is 0.678. The van der Waals surface area contributed by atoms with Gasteiger partial charge in [-0.1, -0.05) is 272 Å². The summed E-state index contributed by atoms with van der Waals surface area (Å²) in [5, 5.41) is 4.45. The molecule has 10 nitrogen and oxygen atoms in total. The summed E-state index contributed by atoms with van der Waals surface area (Å²) in [5.74, 6) is 1.36. The van der Waals surface area contributed by atoms with Crippen LogP contribution in [-0.4, -0.2) is 29.1 Å². The average Bonchev–Trinajstić information content (AvgIpc) is 1.59. The lowest BCUT2D eigenvalue weighted by Gasteiger charge is -2.27. The maximum Gasteiger partial charge on any atom is 0.160 e. The smallest absolute Gasteiger partial charge is 0.160 e. The SMILES string of the molecule is Cc1ccc(N(c2ccccc2)c2ccc3c(c2)c2cc(N(c4ccccc4)c4cccc(-c5ccc(N(c6ccccc6)c6ccc7c(c6)c6cc(N(c8ccccc8)c8ccccc8)ccc6n7-c6ccc(-c7cc(-c8ccccc8)nc(-c8ccccc8)n7)cc6C)cc5)c4)ccc2n3-c2ccc(-c3cc(-c4ccccc4)nc(-c4ccccc4)n3)cc2)cc1. The van der Waals surface area contributed by atoms with E-state index in [-0.39, 0.29) is 0 Å². The first-order valence-corrected chi connectivity index (χ1v) is 43.4. The number of fused-ring (bicyclic) bond motifs is 6. The second-order valence-electron chi connectivity index (χ2n) is 32.4. The fourth-order valence-electron chi connectivity index (χ4n) is 18.1. The summed E-state index contributed by atoms with van der Waals surface area (Å²) < 4.78 is 4.85. The van der Waals surface area contributed by atoms with Crippen molar-refractivity contribution in [3.05, 3.63) is 484 Å². The molecule has 0 aliphatic heterocycles. The maximum absolute atomic E-state index is 5.26. The molecule has 0 N–H and O–H groups in total. The molecule has 0 fully saturated rings. The molecular formula is C118H84N10. The lowest BCUT2D eigenvalue weighted by Crippen LogP contribution is -2.10. The Morgan fingerprint density at radius 1 is 0.180 bits per heavy atom. The molecule has 0 aliphatic carbocycles. The minimum Gasteiger partial charge on any atom is -0.310 e. The van der Waals surface area contributed by atoms with Crippen molar-refractivity contribution in [3.8, 4) is 90.3 Å². The highest BCUT2D eigenvalue weighted by Crippen LogP contribution is 2.48. The van der Waals surface area contributed by atoms with Gasteiger partial charge in [0.15, 0.2) is 11.6 Å². The van der Waals surface area contributed by atoms with Crippen molar-refractivity contribution in [1.29, 1.82) is 0 Å². The van der Waals surface area contributed by atoms with E-state index in [0.29, 0.717) is 11.6 Å². The molecular weight excluding hydrogens is 1560 g/mol. The Hall–Kier alpha value is -17.1. The number of aryl methyl sites for hydroxylation is 2. The van der Waals surface area contributed by atoms with Gasteiger partial charge in [-0.2, -0.15) is 0 Å². The van der Waals surface area contributed by atoms with Crippen LogP contribution in [0.2, 0.25) is 0 Å². The van der Waals surface area contributed by atoms with E-state index in [4.69, 9.17) is 19.9 Å². The van der Waals surface area contributed by atoms with Crippen LogP contribution in [0.3, 0.4) is 0 Å². The van der Waals surface area contributed by atoms with Crippen LogP contribution < -0.4 is 19.6 Å². The molecule has 0 bridgehead atoms. The molecule has 0 saturated heterocycles. The Bertz CT molecular complexity index is 7620. The Balaban J connectivity index is 0.645. The van der Waals surface area contributed by atoms with Gasteiger partial charge in [0, 0.05) is 135 Å². The van der Waals surface area contributed by atoms with Gasteiger partial charge in [0.25, 0.3) is 0 Å². The first-order valence-electron chi connectivity index (χ1n) is 43.4. The molecule has 0 radical (unpaired) electrons. The lowest BCUT2D eigenvalue weighted by atomic mass is 10.0. The number of benzene rings is 18. The quantitative estimate of drug-likeness (QED) is 0.0705. The second kappa shape index (κ2) is 33.6. The largest absolute Gasteiger partial charge is 0.310 e. The van der Waals surface area contributed by atoms with E-state index in [0.717, 1.165) is 196 Å². The normalized spacial score (nSPS) is 11.4. The van der Waals surface area contributed by atoms with Crippen LogP contribution in [0.5, 0.6) is 0 Å². The molecule has 606 valence electrons. The van der Waals surface area contributed by atoms with E-state index < -0.39 is 0 Å². The van der Waals surface area contributed by atoms with Crippen molar-refractivity contribution >= 4 is 112 Å². The van der Waals surface area contributed by atoms with Crippen molar-refractivity contribution in [3.63, 3.8) is 0 Å². The third-order valence-electron chi connectivity index (χ3n) is 24.2. The first kappa shape index (κ1) is 77.0. The Kier molecular flexibility index (Phi) is 20.2. The van der Waals surface area contributed by atoms with Gasteiger partial charge in [0.2, 0.25) is 0 Å². The van der Waals surface area contributed by atoms with Gasteiger partial charge in [-0.25, -0.2) is 19.9 Å². The molecule has 22 rings (SSSR count). The van der Waals surface area contributed by atoms with Gasteiger partial charge in [0.05, 0.1) is 44.8 Å². The standard InChI is InChI=1S/C118H84N10/c1-81-51-58-96(59-52-81)124(93-44-24-9-25-45-93)101-64-69-113-104(75-101)105-78-103(65-70-114(105)127(113)98-62-55-86(56-63-98)110-79-108(84-31-12-3-13-32-84)119-117(121-110)87-35-16-5-17-36-87)126(95-48-28-11-29-49-95)99-50-30-39-89(74-99)83-53-60-97(61-54-83)125(94-46-26-10-27-47-94)102-67-72-116-107(77-102)106-76-100(123(91-40-20-7-21-41-91)92-42-22-8-23-43-92)66-71-115(106)128(116)112-68-57-90(73-82(112)2)111-80-109(85-33-14-4-15-34-85)120-118(122-111)88-37-18-6-19-38-88/h3-80H,1-2H3. The van der Waals surface area contributed by atoms with Crippen LogP contribution in [0, 0.1) is 13.8 Å².